The van der Waals surface area contributed by atoms with Gasteiger partial charge in [0.1, 0.15) is 5.71 Å². The van der Waals surface area contributed by atoms with E-state index in [1.54, 1.807) is 31.1 Å². The molecule has 1 aliphatic carbocycles. The Morgan fingerprint density at radius 3 is 1.78 bits per heavy atom. The molecule has 0 aromatic heterocycles. The highest BCUT2D eigenvalue weighted by molar-refractivity contribution is 6.27. The van der Waals surface area contributed by atoms with Gasteiger partial charge in [-0.1, -0.05) is 0 Å². The van der Waals surface area contributed by atoms with Gasteiger partial charge in [0.25, 0.3) is 0 Å². The van der Waals surface area contributed by atoms with E-state index in [-0.39, 0.29) is 5.69 Å². The Hall–Kier alpha value is -3.10. The van der Waals surface area contributed by atoms with Gasteiger partial charge in [0.2, 0.25) is 11.6 Å². The van der Waals surface area contributed by atoms with E-state index in [4.69, 9.17) is 0 Å². The fraction of sp³-hybridized carbons (Fsp3) is 0.111. The third-order valence-electron chi connectivity index (χ3n) is 3.94. The normalized spacial score (nSPS) is 15.4. The highest BCUT2D eigenvalue weighted by Gasteiger charge is 2.40. The average molecular weight is 384 g/mol. The Kier molecular flexibility index (Phi) is 4.54. The minimum absolute atomic E-state index is 0.0107. The largest absolute Gasteiger partial charge is 0.378 e. The van der Waals surface area contributed by atoms with Crippen LogP contribution in [0.25, 0.3) is 0 Å². The summed E-state index contributed by atoms with van der Waals surface area (Å²) in [6, 6.07) is 5.82. The molecule has 0 spiro atoms. The lowest BCUT2D eigenvalue weighted by Gasteiger charge is -2.18. The second-order valence-electron chi connectivity index (χ2n) is 5.83. The Morgan fingerprint density at radius 1 is 0.741 bits per heavy atom. The Morgan fingerprint density at radius 2 is 1.26 bits per heavy atom. The van der Waals surface area contributed by atoms with Crippen molar-refractivity contribution in [3.63, 3.8) is 0 Å². The molecule has 3 rings (SSSR count). The molecule has 0 aliphatic heterocycles. The average Bonchev–Trinajstić information content (AvgIpc) is 2.65. The summed E-state index contributed by atoms with van der Waals surface area (Å²) in [6.07, 6.45) is 0. The van der Waals surface area contributed by atoms with Gasteiger partial charge in [-0.2, -0.15) is 4.39 Å². The van der Waals surface area contributed by atoms with Crippen LogP contribution in [0.5, 0.6) is 0 Å². The number of aliphatic imine (C=N–C) groups is 1. The van der Waals surface area contributed by atoms with Crippen molar-refractivity contribution >= 4 is 22.9 Å². The molecule has 0 atom stereocenters. The molecular formula is C18H10F6N2O. The lowest BCUT2D eigenvalue weighted by molar-refractivity contribution is 0.0993. The van der Waals surface area contributed by atoms with Crippen LogP contribution in [0.3, 0.4) is 0 Å². The molecule has 0 heterocycles. The van der Waals surface area contributed by atoms with Crippen molar-refractivity contribution in [1.82, 2.24) is 0 Å². The first-order chi connectivity index (χ1) is 12.6. The number of benzene rings is 2. The summed E-state index contributed by atoms with van der Waals surface area (Å²) in [6.45, 7) is 0. The van der Waals surface area contributed by atoms with Gasteiger partial charge in [-0.05, 0) is 24.3 Å². The maximum absolute atomic E-state index is 14.2. The number of halogens is 6. The minimum Gasteiger partial charge on any atom is -0.378 e. The zero-order valence-electron chi connectivity index (χ0n) is 13.9. The molecule has 0 N–H and O–H groups in total. The van der Waals surface area contributed by atoms with Gasteiger partial charge < -0.3 is 4.90 Å². The van der Waals surface area contributed by atoms with Crippen molar-refractivity contribution in [2.75, 3.05) is 19.0 Å². The zero-order valence-corrected chi connectivity index (χ0v) is 13.9. The number of fused-ring (bicyclic) bond motifs is 1. The van der Waals surface area contributed by atoms with E-state index in [0.717, 1.165) is 5.69 Å². The van der Waals surface area contributed by atoms with E-state index in [9.17, 15) is 31.1 Å². The summed E-state index contributed by atoms with van der Waals surface area (Å²) in [4.78, 5) is 17.2. The van der Waals surface area contributed by atoms with E-state index in [2.05, 4.69) is 4.99 Å². The van der Waals surface area contributed by atoms with Gasteiger partial charge in [-0.15, -0.1) is 0 Å². The first kappa shape index (κ1) is 18.7. The van der Waals surface area contributed by atoms with Crippen molar-refractivity contribution in [2.24, 2.45) is 4.99 Å². The van der Waals surface area contributed by atoms with Crippen molar-refractivity contribution in [2.45, 2.75) is 0 Å². The Balaban J connectivity index is 2.29. The summed E-state index contributed by atoms with van der Waals surface area (Å²) in [5.41, 5.74) is -3.15. The number of rotatable bonds is 2. The van der Waals surface area contributed by atoms with E-state index in [1.807, 2.05) is 0 Å². The second-order valence-corrected chi connectivity index (χ2v) is 5.83. The molecule has 0 amide bonds. The van der Waals surface area contributed by atoms with Crippen LogP contribution in [0.15, 0.2) is 40.9 Å². The molecule has 2 aromatic carbocycles. The zero-order chi connectivity index (χ0) is 20.0. The predicted octanol–water partition coefficient (Wildman–Crippen LogP) is 4.78. The number of nitrogens with zero attached hydrogens (tertiary/aromatic N) is 2. The molecular weight excluding hydrogens is 374 g/mol. The minimum atomic E-state index is -2.30. The van der Waals surface area contributed by atoms with Crippen LogP contribution in [0, 0.1) is 23.3 Å². The predicted molar refractivity (Wildman–Crippen MR) is 86.8 cm³/mol. The van der Waals surface area contributed by atoms with Gasteiger partial charge in [0.15, 0.2) is 29.1 Å². The second kappa shape index (κ2) is 6.57. The molecule has 0 bridgehead atoms. The molecule has 0 saturated heterocycles. The fourth-order valence-electron chi connectivity index (χ4n) is 2.55. The monoisotopic (exact) mass is 384 g/mol. The molecule has 0 radical (unpaired) electrons. The SMILES string of the molecule is CN(C)c1ccc(N=C2C(F)=C(F)C(=O)c3c(F)c(F)c(F)c(F)c32)cc1. The summed E-state index contributed by atoms with van der Waals surface area (Å²) in [7, 11) is 3.49. The molecule has 140 valence electrons. The van der Waals surface area contributed by atoms with Gasteiger partial charge in [0, 0.05) is 19.8 Å². The maximum Gasteiger partial charge on any atom is 0.228 e. The topological polar surface area (TPSA) is 32.7 Å². The van der Waals surface area contributed by atoms with Crippen LogP contribution in [-0.4, -0.2) is 25.6 Å². The van der Waals surface area contributed by atoms with E-state index >= 15 is 0 Å². The third kappa shape index (κ3) is 2.88. The number of carbonyl (C=O) groups excluding carboxylic acids is 1. The highest BCUT2D eigenvalue weighted by Crippen LogP contribution is 2.35. The van der Waals surface area contributed by atoms with Crippen molar-refractivity contribution in [1.29, 1.82) is 0 Å². The first-order valence-electron chi connectivity index (χ1n) is 7.47. The number of hydrogen-bond donors (Lipinski definition) is 0. The number of ketones is 1. The molecule has 0 saturated carbocycles. The number of hydrogen-bond acceptors (Lipinski definition) is 3. The van der Waals surface area contributed by atoms with Crippen LogP contribution < -0.4 is 4.90 Å². The van der Waals surface area contributed by atoms with Crippen molar-refractivity contribution in [3.05, 3.63) is 70.3 Å². The van der Waals surface area contributed by atoms with Gasteiger partial charge in [-0.25, -0.2) is 26.9 Å². The number of carbonyl (C=O) groups is 1. The number of allylic oxidation sites excluding steroid dienone is 2. The Bertz CT molecular complexity index is 1030. The summed E-state index contributed by atoms with van der Waals surface area (Å²) < 4.78 is 83.3. The van der Waals surface area contributed by atoms with Crippen LogP contribution in [0.1, 0.15) is 15.9 Å². The van der Waals surface area contributed by atoms with Crippen LogP contribution in [0.2, 0.25) is 0 Å². The fourth-order valence-corrected chi connectivity index (χ4v) is 2.55. The Labute approximate surface area is 149 Å². The van der Waals surface area contributed by atoms with E-state index in [0.29, 0.717) is 0 Å². The first-order valence-corrected chi connectivity index (χ1v) is 7.47. The van der Waals surface area contributed by atoms with Crippen LogP contribution in [0.4, 0.5) is 37.7 Å². The standard InChI is InChI=1S/C18H10F6N2O/c1-26(2)8-5-3-7(4-6-8)25-17-9-10(18(27)16(24)15(17)23)12(20)14(22)13(21)11(9)19/h3-6H,1-2H3. The molecule has 0 unspecified atom stereocenters. The van der Waals surface area contributed by atoms with Gasteiger partial charge >= 0.3 is 0 Å². The van der Waals surface area contributed by atoms with Gasteiger partial charge in [-0.3, -0.25) is 4.79 Å². The van der Waals surface area contributed by atoms with Crippen LogP contribution >= 0.6 is 0 Å². The van der Waals surface area contributed by atoms with Gasteiger partial charge in [0.05, 0.1) is 16.8 Å². The molecule has 1 aliphatic rings. The number of anilines is 1. The lowest BCUT2D eigenvalue weighted by Crippen LogP contribution is -2.24. The third-order valence-corrected chi connectivity index (χ3v) is 3.94. The molecule has 9 heteroatoms. The van der Waals surface area contributed by atoms with Crippen molar-refractivity contribution in [3.8, 4) is 0 Å². The molecule has 27 heavy (non-hydrogen) atoms. The highest BCUT2D eigenvalue weighted by atomic mass is 19.2. The number of Topliss-reactive ketones (excluding diaryl/α,β-unsaturated/α-hetero) is 1. The maximum atomic E-state index is 14.2. The molecule has 3 nitrogen and oxygen atoms in total. The smallest absolute Gasteiger partial charge is 0.228 e. The van der Waals surface area contributed by atoms with E-state index < -0.39 is 57.5 Å². The summed E-state index contributed by atoms with van der Waals surface area (Å²) >= 11 is 0. The van der Waals surface area contributed by atoms with E-state index in [1.165, 1.54) is 12.1 Å². The molecule has 0 fully saturated rings. The lowest BCUT2D eigenvalue weighted by atomic mass is 9.91. The summed E-state index contributed by atoms with van der Waals surface area (Å²) in [5.74, 6) is -14.6. The van der Waals surface area contributed by atoms with Crippen molar-refractivity contribution < 1.29 is 31.1 Å². The summed E-state index contributed by atoms with van der Waals surface area (Å²) in [5, 5.41) is 0. The molecule has 2 aromatic rings. The van der Waals surface area contributed by atoms with Crippen LogP contribution in [-0.2, 0) is 0 Å². The quantitative estimate of drug-likeness (QED) is 0.424.